The summed E-state index contributed by atoms with van der Waals surface area (Å²) in [6.45, 7) is 5.04. The van der Waals surface area contributed by atoms with Crippen molar-refractivity contribution in [1.82, 2.24) is 10.3 Å². The molecular weight excluding hydrogens is 259 g/mol. The molecular formula is C15H17FN2S. The molecule has 1 aromatic carbocycles. The van der Waals surface area contributed by atoms with Gasteiger partial charge in [0.05, 0.1) is 0 Å². The van der Waals surface area contributed by atoms with Crippen molar-refractivity contribution in [3.8, 4) is 0 Å². The highest BCUT2D eigenvalue weighted by molar-refractivity contribution is 7.99. The maximum Gasteiger partial charge on any atom is 0.124 e. The summed E-state index contributed by atoms with van der Waals surface area (Å²) in [5, 5.41) is 4.22. The lowest BCUT2D eigenvalue weighted by Gasteiger charge is -2.08. The third kappa shape index (κ3) is 4.65. The van der Waals surface area contributed by atoms with Crippen LogP contribution < -0.4 is 5.32 Å². The van der Waals surface area contributed by atoms with Crippen LogP contribution in [0.2, 0.25) is 0 Å². The largest absolute Gasteiger partial charge is 0.310 e. The van der Waals surface area contributed by atoms with E-state index in [4.69, 9.17) is 0 Å². The van der Waals surface area contributed by atoms with Gasteiger partial charge in [0.2, 0.25) is 0 Å². The lowest BCUT2D eigenvalue weighted by Crippen LogP contribution is -2.21. The Morgan fingerprint density at radius 2 is 2.11 bits per heavy atom. The second kappa shape index (κ2) is 6.68. The molecule has 2 nitrogen and oxygen atoms in total. The minimum absolute atomic E-state index is 0.220. The molecule has 0 radical (unpaired) electrons. The minimum Gasteiger partial charge on any atom is -0.310 e. The van der Waals surface area contributed by atoms with Gasteiger partial charge >= 0.3 is 0 Å². The average Bonchev–Trinajstić information content (AvgIpc) is 2.38. The number of nitrogens with zero attached hydrogens (tertiary/aromatic N) is 1. The van der Waals surface area contributed by atoms with Crippen LogP contribution in [0.25, 0.3) is 0 Å². The van der Waals surface area contributed by atoms with Gasteiger partial charge in [0, 0.05) is 23.7 Å². The molecule has 0 amide bonds. The first kappa shape index (κ1) is 14.0. The monoisotopic (exact) mass is 276 g/mol. The molecule has 1 aromatic heterocycles. The summed E-state index contributed by atoms with van der Waals surface area (Å²) in [5.41, 5.74) is 1.15. The quantitative estimate of drug-likeness (QED) is 0.897. The van der Waals surface area contributed by atoms with Gasteiger partial charge in [-0.05, 0) is 29.8 Å². The SMILES string of the molecule is CC(C)NCc1ccc(Sc2cccc(F)c2)nc1. The Morgan fingerprint density at radius 1 is 1.26 bits per heavy atom. The topological polar surface area (TPSA) is 24.9 Å². The number of pyridine rings is 1. The third-order valence-corrected chi connectivity index (χ3v) is 3.47. The fourth-order valence-corrected chi connectivity index (χ4v) is 2.35. The number of nitrogens with one attached hydrogen (secondary N) is 1. The molecule has 2 rings (SSSR count). The molecule has 2 aromatic rings. The van der Waals surface area contributed by atoms with Gasteiger partial charge in [-0.25, -0.2) is 9.37 Å². The summed E-state index contributed by atoms with van der Waals surface area (Å²) < 4.78 is 13.1. The summed E-state index contributed by atoms with van der Waals surface area (Å²) in [6, 6.07) is 11.0. The van der Waals surface area contributed by atoms with Gasteiger partial charge in [-0.1, -0.05) is 37.7 Å². The number of rotatable bonds is 5. The zero-order valence-electron chi connectivity index (χ0n) is 11.1. The van der Waals surface area contributed by atoms with E-state index in [0.29, 0.717) is 6.04 Å². The lowest BCUT2D eigenvalue weighted by atomic mass is 10.2. The van der Waals surface area contributed by atoms with Gasteiger partial charge in [-0.15, -0.1) is 0 Å². The van der Waals surface area contributed by atoms with E-state index >= 15 is 0 Å². The average molecular weight is 276 g/mol. The number of hydrogen-bond donors (Lipinski definition) is 1. The molecule has 0 bridgehead atoms. The van der Waals surface area contributed by atoms with Gasteiger partial charge in [-0.3, -0.25) is 0 Å². The second-order valence-corrected chi connectivity index (χ2v) is 5.69. The van der Waals surface area contributed by atoms with Gasteiger partial charge in [0.25, 0.3) is 0 Å². The summed E-state index contributed by atoms with van der Waals surface area (Å²) >= 11 is 1.46. The van der Waals surface area contributed by atoms with Crippen molar-refractivity contribution < 1.29 is 4.39 Å². The molecule has 100 valence electrons. The van der Waals surface area contributed by atoms with Crippen LogP contribution in [0, 0.1) is 5.82 Å². The van der Waals surface area contributed by atoms with Crippen LogP contribution in [0.4, 0.5) is 4.39 Å². The van der Waals surface area contributed by atoms with Crippen molar-refractivity contribution in [3.63, 3.8) is 0 Å². The van der Waals surface area contributed by atoms with Crippen molar-refractivity contribution >= 4 is 11.8 Å². The first-order valence-corrected chi connectivity index (χ1v) is 7.07. The number of benzene rings is 1. The molecule has 0 fully saturated rings. The predicted octanol–water partition coefficient (Wildman–Crippen LogP) is 3.87. The third-order valence-electron chi connectivity index (χ3n) is 2.53. The Bertz CT molecular complexity index is 526. The lowest BCUT2D eigenvalue weighted by molar-refractivity contribution is 0.587. The zero-order chi connectivity index (χ0) is 13.7. The Labute approximate surface area is 117 Å². The highest BCUT2D eigenvalue weighted by Gasteiger charge is 2.01. The van der Waals surface area contributed by atoms with Gasteiger partial charge in [-0.2, -0.15) is 0 Å². The number of halogens is 1. The molecule has 0 unspecified atom stereocenters. The Kier molecular flexibility index (Phi) is 4.93. The van der Waals surface area contributed by atoms with Crippen molar-refractivity contribution in [3.05, 3.63) is 54.0 Å². The molecule has 0 saturated heterocycles. The van der Waals surface area contributed by atoms with Crippen LogP contribution in [0.15, 0.2) is 52.5 Å². The Morgan fingerprint density at radius 3 is 2.74 bits per heavy atom. The molecule has 1 heterocycles. The molecule has 19 heavy (non-hydrogen) atoms. The van der Waals surface area contributed by atoms with Crippen LogP contribution in [0.5, 0.6) is 0 Å². The summed E-state index contributed by atoms with van der Waals surface area (Å²) in [7, 11) is 0. The molecule has 0 saturated carbocycles. The first-order valence-electron chi connectivity index (χ1n) is 6.25. The highest BCUT2D eigenvalue weighted by atomic mass is 32.2. The van der Waals surface area contributed by atoms with Crippen LogP contribution in [-0.2, 0) is 6.54 Å². The van der Waals surface area contributed by atoms with E-state index < -0.39 is 0 Å². The number of hydrogen-bond acceptors (Lipinski definition) is 3. The van der Waals surface area contributed by atoms with Crippen LogP contribution in [0.3, 0.4) is 0 Å². The van der Waals surface area contributed by atoms with Crippen LogP contribution in [-0.4, -0.2) is 11.0 Å². The minimum atomic E-state index is -0.220. The smallest absolute Gasteiger partial charge is 0.124 e. The molecule has 0 aliphatic heterocycles. The zero-order valence-corrected chi connectivity index (χ0v) is 11.9. The Hall–Kier alpha value is -1.39. The van der Waals surface area contributed by atoms with Crippen LogP contribution in [0.1, 0.15) is 19.4 Å². The van der Waals surface area contributed by atoms with Crippen molar-refractivity contribution in [1.29, 1.82) is 0 Å². The molecule has 0 atom stereocenters. The molecule has 4 heteroatoms. The predicted molar refractivity (Wildman–Crippen MR) is 76.7 cm³/mol. The van der Waals surface area contributed by atoms with Crippen molar-refractivity contribution in [2.75, 3.05) is 0 Å². The van der Waals surface area contributed by atoms with Gasteiger partial charge < -0.3 is 5.32 Å². The summed E-state index contributed by atoms with van der Waals surface area (Å²) in [4.78, 5) is 5.24. The van der Waals surface area contributed by atoms with Crippen LogP contribution >= 0.6 is 11.8 Å². The Balaban J connectivity index is 1.98. The van der Waals surface area contributed by atoms with E-state index in [1.165, 1.54) is 23.9 Å². The standard InChI is InChI=1S/C15H17FN2S/c1-11(2)17-9-12-6-7-15(18-10-12)19-14-5-3-4-13(16)8-14/h3-8,10-11,17H,9H2,1-2H3. The van der Waals surface area contributed by atoms with E-state index in [9.17, 15) is 4.39 Å². The summed E-state index contributed by atoms with van der Waals surface area (Å²) in [5.74, 6) is -0.220. The van der Waals surface area contributed by atoms with E-state index in [-0.39, 0.29) is 5.82 Å². The first-order chi connectivity index (χ1) is 9.13. The summed E-state index contributed by atoms with van der Waals surface area (Å²) in [6.07, 6.45) is 1.86. The van der Waals surface area contributed by atoms with E-state index in [0.717, 1.165) is 22.0 Å². The van der Waals surface area contributed by atoms with E-state index in [1.54, 1.807) is 6.07 Å². The maximum atomic E-state index is 13.1. The highest BCUT2D eigenvalue weighted by Crippen LogP contribution is 2.26. The molecule has 0 aliphatic carbocycles. The molecule has 1 N–H and O–H groups in total. The molecule has 0 spiro atoms. The van der Waals surface area contributed by atoms with Gasteiger partial charge in [0.1, 0.15) is 10.8 Å². The van der Waals surface area contributed by atoms with Gasteiger partial charge in [0.15, 0.2) is 0 Å². The normalized spacial score (nSPS) is 10.9. The van der Waals surface area contributed by atoms with E-state index in [2.05, 4.69) is 24.1 Å². The van der Waals surface area contributed by atoms with E-state index in [1.807, 2.05) is 24.4 Å². The fourth-order valence-electron chi connectivity index (χ4n) is 1.55. The molecule has 0 aliphatic rings. The number of aromatic nitrogens is 1. The fraction of sp³-hybridized carbons (Fsp3) is 0.267. The maximum absolute atomic E-state index is 13.1. The van der Waals surface area contributed by atoms with Crippen molar-refractivity contribution in [2.45, 2.75) is 36.4 Å². The second-order valence-electron chi connectivity index (χ2n) is 4.60. The van der Waals surface area contributed by atoms with Crippen molar-refractivity contribution in [2.24, 2.45) is 0 Å².